The monoisotopic (exact) mass is 192 g/mol. The summed E-state index contributed by atoms with van der Waals surface area (Å²) in [5.41, 5.74) is -0.543. The number of rotatable bonds is 7. The highest BCUT2D eigenvalue weighted by molar-refractivity contribution is 4.82. The lowest BCUT2D eigenvalue weighted by Gasteiger charge is -2.36. The third kappa shape index (κ3) is 2.91. The lowest BCUT2D eigenvalue weighted by molar-refractivity contribution is -0.231. The molecule has 0 aliphatic rings. The van der Waals surface area contributed by atoms with Crippen LogP contribution in [0.25, 0.3) is 0 Å². The van der Waals surface area contributed by atoms with Gasteiger partial charge in [-0.15, -0.1) is 0 Å². The summed E-state index contributed by atoms with van der Waals surface area (Å²) in [6.45, 7) is 2.04. The van der Waals surface area contributed by atoms with E-state index in [1.54, 1.807) is 21.3 Å². The van der Waals surface area contributed by atoms with Gasteiger partial charge in [-0.3, -0.25) is 0 Å². The first kappa shape index (κ1) is 12.8. The van der Waals surface area contributed by atoms with Crippen molar-refractivity contribution in [1.29, 1.82) is 0 Å². The van der Waals surface area contributed by atoms with Crippen molar-refractivity contribution in [2.45, 2.75) is 31.7 Å². The summed E-state index contributed by atoms with van der Waals surface area (Å²) in [5.74, 6) is 0. The number of hydrogen-bond acceptors (Lipinski definition) is 4. The lowest BCUT2D eigenvalue weighted by atomic mass is 9.95. The highest BCUT2D eigenvalue weighted by Crippen LogP contribution is 2.26. The summed E-state index contributed by atoms with van der Waals surface area (Å²) < 4.78 is 15.6. The van der Waals surface area contributed by atoms with Crippen LogP contribution in [0.3, 0.4) is 0 Å². The molecule has 0 aromatic carbocycles. The summed E-state index contributed by atoms with van der Waals surface area (Å²) >= 11 is 0. The molecule has 1 unspecified atom stereocenters. The quantitative estimate of drug-likeness (QED) is 0.606. The Bertz CT molecular complexity index is 119. The molecular formula is C9H20O4. The van der Waals surface area contributed by atoms with Gasteiger partial charge in [0.15, 0.2) is 6.29 Å². The molecule has 0 amide bonds. The van der Waals surface area contributed by atoms with E-state index in [2.05, 4.69) is 0 Å². The molecule has 0 rings (SSSR count). The molecule has 0 bridgehead atoms. The zero-order chi connectivity index (χ0) is 10.3. The van der Waals surface area contributed by atoms with Crippen molar-refractivity contribution < 1.29 is 19.3 Å². The molecule has 0 saturated carbocycles. The van der Waals surface area contributed by atoms with Crippen molar-refractivity contribution in [3.63, 3.8) is 0 Å². The number of ether oxygens (including phenoxy) is 3. The van der Waals surface area contributed by atoms with Crippen LogP contribution >= 0.6 is 0 Å². The van der Waals surface area contributed by atoms with Crippen LogP contribution in [0.15, 0.2) is 0 Å². The molecule has 4 nitrogen and oxygen atoms in total. The Morgan fingerprint density at radius 3 is 2.00 bits per heavy atom. The van der Waals surface area contributed by atoms with E-state index in [9.17, 15) is 0 Å². The normalized spacial score (nSPS) is 16.2. The molecule has 80 valence electrons. The first-order chi connectivity index (χ1) is 6.20. The fraction of sp³-hybridized carbons (Fsp3) is 1.00. The second-order valence-electron chi connectivity index (χ2n) is 2.90. The summed E-state index contributed by atoms with van der Waals surface area (Å²) in [7, 11) is 4.73. The van der Waals surface area contributed by atoms with Gasteiger partial charge in [-0.2, -0.15) is 0 Å². The van der Waals surface area contributed by atoms with Gasteiger partial charge in [-0.1, -0.05) is 6.92 Å². The first-order valence-corrected chi connectivity index (χ1v) is 4.42. The average Bonchev–Trinajstić information content (AvgIpc) is 2.18. The van der Waals surface area contributed by atoms with Gasteiger partial charge in [-0.05, 0) is 6.42 Å². The Morgan fingerprint density at radius 2 is 1.77 bits per heavy atom. The van der Waals surface area contributed by atoms with E-state index in [1.165, 1.54) is 0 Å². The molecule has 13 heavy (non-hydrogen) atoms. The third-order valence-corrected chi connectivity index (χ3v) is 2.40. The maximum atomic E-state index is 8.91. The van der Waals surface area contributed by atoms with Gasteiger partial charge >= 0.3 is 0 Å². The van der Waals surface area contributed by atoms with E-state index >= 15 is 0 Å². The largest absolute Gasteiger partial charge is 0.396 e. The molecule has 0 fully saturated rings. The molecular weight excluding hydrogens is 172 g/mol. The standard InChI is InChI=1S/C9H20O4/c1-5-9(13-4,6-7-10)8(11-2)12-3/h8,10H,5-7H2,1-4H3. The SMILES string of the molecule is CCC(CCO)(OC)C(OC)OC. The van der Waals surface area contributed by atoms with E-state index in [4.69, 9.17) is 19.3 Å². The Kier molecular flexibility index (Phi) is 6.24. The highest BCUT2D eigenvalue weighted by atomic mass is 16.7. The van der Waals surface area contributed by atoms with E-state index in [1.807, 2.05) is 6.92 Å². The zero-order valence-electron chi connectivity index (χ0n) is 8.87. The molecule has 0 spiro atoms. The number of hydrogen-bond donors (Lipinski definition) is 1. The van der Waals surface area contributed by atoms with Crippen molar-refractivity contribution in [1.82, 2.24) is 0 Å². The van der Waals surface area contributed by atoms with Gasteiger partial charge in [0.25, 0.3) is 0 Å². The van der Waals surface area contributed by atoms with Crippen molar-refractivity contribution in [2.75, 3.05) is 27.9 Å². The van der Waals surface area contributed by atoms with Gasteiger partial charge in [0.1, 0.15) is 5.60 Å². The van der Waals surface area contributed by atoms with Crippen LogP contribution in [0, 0.1) is 0 Å². The Balaban J connectivity index is 4.50. The first-order valence-electron chi connectivity index (χ1n) is 4.42. The molecule has 0 aromatic rings. The number of methoxy groups -OCH3 is 3. The molecule has 0 heterocycles. The fourth-order valence-electron chi connectivity index (χ4n) is 1.52. The third-order valence-electron chi connectivity index (χ3n) is 2.40. The molecule has 1 N–H and O–H groups in total. The van der Waals surface area contributed by atoms with Crippen LogP contribution in [0.4, 0.5) is 0 Å². The summed E-state index contributed by atoms with van der Waals surface area (Å²) in [4.78, 5) is 0. The fourth-order valence-corrected chi connectivity index (χ4v) is 1.52. The smallest absolute Gasteiger partial charge is 0.185 e. The van der Waals surface area contributed by atoms with Crippen LogP contribution in [0.1, 0.15) is 19.8 Å². The van der Waals surface area contributed by atoms with E-state index in [0.29, 0.717) is 6.42 Å². The average molecular weight is 192 g/mol. The van der Waals surface area contributed by atoms with Gasteiger partial charge < -0.3 is 19.3 Å². The van der Waals surface area contributed by atoms with Gasteiger partial charge in [0.2, 0.25) is 0 Å². The minimum Gasteiger partial charge on any atom is -0.396 e. The van der Waals surface area contributed by atoms with Gasteiger partial charge in [0.05, 0.1) is 0 Å². The highest BCUT2D eigenvalue weighted by Gasteiger charge is 2.37. The maximum Gasteiger partial charge on any atom is 0.185 e. The van der Waals surface area contributed by atoms with Crippen LogP contribution in [-0.2, 0) is 14.2 Å². The molecule has 4 heteroatoms. The lowest BCUT2D eigenvalue weighted by Crippen LogP contribution is -2.46. The molecule has 0 aliphatic heterocycles. The second kappa shape index (κ2) is 6.32. The molecule has 0 saturated heterocycles. The Hall–Kier alpha value is -0.160. The summed E-state index contributed by atoms with van der Waals surface area (Å²) in [6.07, 6.45) is 0.803. The summed E-state index contributed by atoms with van der Waals surface area (Å²) in [5, 5.41) is 8.91. The number of aliphatic hydroxyl groups is 1. The van der Waals surface area contributed by atoms with Crippen LogP contribution in [0.2, 0.25) is 0 Å². The minimum absolute atomic E-state index is 0.0604. The molecule has 0 radical (unpaired) electrons. The molecule has 0 aromatic heterocycles. The van der Waals surface area contributed by atoms with Crippen molar-refractivity contribution in [2.24, 2.45) is 0 Å². The van der Waals surface area contributed by atoms with Crippen molar-refractivity contribution in [3.05, 3.63) is 0 Å². The van der Waals surface area contributed by atoms with E-state index < -0.39 is 11.9 Å². The maximum absolute atomic E-state index is 8.91. The van der Waals surface area contributed by atoms with E-state index in [-0.39, 0.29) is 6.61 Å². The van der Waals surface area contributed by atoms with Crippen molar-refractivity contribution in [3.8, 4) is 0 Å². The topological polar surface area (TPSA) is 47.9 Å². The predicted octanol–water partition coefficient (Wildman–Crippen LogP) is 0.783. The van der Waals surface area contributed by atoms with Crippen molar-refractivity contribution >= 4 is 0 Å². The van der Waals surface area contributed by atoms with Crippen LogP contribution in [0.5, 0.6) is 0 Å². The predicted molar refractivity (Wildman–Crippen MR) is 49.5 cm³/mol. The minimum atomic E-state index is -0.543. The Morgan fingerprint density at radius 1 is 1.23 bits per heavy atom. The second-order valence-corrected chi connectivity index (χ2v) is 2.90. The van der Waals surface area contributed by atoms with Crippen LogP contribution < -0.4 is 0 Å². The van der Waals surface area contributed by atoms with E-state index in [0.717, 1.165) is 6.42 Å². The zero-order valence-corrected chi connectivity index (χ0v) is 8.87. The molecule has 0 aliphatic carbocycles. The summed E-state index contributed by atoms with van der Waals surface area (Å²) in [6, 6.07) is 0. The molecule has 1 atom stereocenters. The number of aliphatic hydroxyl groups excluding tert-OH is 1. The van der Waals surface area contributed by atoms with Gasteiger partial charge in [0, 0.05) is 34.4 Å². The van der Waals surface area contributed by atoms with Gasteiger partial charge in [-0.25, -0.2) is 0 Å². The van der Waals surface area contributed by atoms with Crippen LogP contribution in [-0.4, -0.2) is 44.9 Å². The Labute approximate surface area is 79.8 Å².